The zero-order chi connectivity index (χ0) is 24.8. The topological polar surface area (TPSA) is 99.3 Å². The fourth-order valence-corrected chi connectivity index (χ4v) is 5.05. The van der Waals surface area contributed by atoms with Gasteiger partial charge in [0.25, 0.3) is 0 Å². The average molecular weight is 491 g/mol. The lowest BCUT2D eigenvalue weighted by Crippen LogP contribution is -2.18. The normalized spacial score (nSPS) is 14.2. The molecule has 1 saturated heterocycles. The van der Waals surface area contributed by atoms with E-state index in [9.17, 15) is 4.39 Å². The smallest absolute Gasteiger partial charge is 0.159 e. The molecule has 1 aliphatic heterocycles. The molecule has 0 aliphatic carbocycles. The number of halogens is 1. The van der Waals surface area contributed by atoms with Crippen molar-refractivity contribution in [3.63, 3.8) is 0 Å². The number of aromatic amines is 2. The quantitative estimate of drug-likeness (QED) is 0.338. The molecule has 0 amide bonds. The minimum atomic E-state index is -0.282. The number of fused-ring (bicyclic) bond motifs is 2. The van der Waals surface area contributed by atoms with Crippen molar-refractivity contribution >= 4 is 21.9 Å². The lowest BCUT2D eigenvalue weighted by molar-refractivity contribution is 0.331. The van der Waals surface area contributed by atoms with Crippen molar-refractivity contribution in [2.75, 3.05) is 13.1 Å². The monoisotopic (exact) mass is 490 g/mol. The number of likely N-dealkylation sites (tertiary alicyclic amines) is 1. The minimum Gasteiger partial charge on any atom is -0.335 e. The maximum Gasteiger partial charge on any atom is 0.159 e. The van der Waals surface area contributed by atoms with Crippen molar-refractivity contribution in [3.05, 3.63) is 78.8 Å². The molecule has 9 heteroatoms. The van der Waals surface area contributed by atoms with E-state index < -0.39 is 0 Å². The molecule has 0 radical (unpaired) electrons. The van der Waals surface area contributed by atoms with Gasteiger partial charge in [-0.3, -0.25) is 25.0 Å². The molecule has 0 unspecified atom stereocenters. The van der Waals surface area contributed by atoms with Crippen molar-refractivity contribution < 1.29 is 4.39 Å². The summed E-state index contributed by atoms with van der Waals surface area (Å²) in [5, 5.41) is 8.52. The first-order valence-electron chi connectivity index (χ1n) is 12.3. The van der Waals surface area contributed by atoms with Crippen LogP contribution in [0.5, 0.6) is 0 Å². The van der Waals surface area contributed by atoms with Gasteiger partial charge in [-0.1, -0.05) is 12.1 Å². The summed E-state index contributed by atoms with van der Waals surface area (Å²) >= 11 is 0. The Hall–Kier alpha value is -4.50. The first kappa shape index (κ1) is 21.8. The molecule has 6 heterocycles. The summed E-state index contributed by atoms with van der Waals surface area (Å²) in [6.45, 7) is 3.19. The number of H-pyrrole nitrogens is 2. The molecule has 1 aromatic carbocycles. The molecule has 1 fully saturated rings. The van der Waals surface area contributed by atoms with Gasteiger partial charge in [0.1, 0.15) is 11.5 Å². The third kappa shape index (κ3) is 4.03. The molecule has 0 spiro atoms. The van der Waals surface area contributed by atoms with Gasteiger partial charge in [0.15, 0.2) is 5.82 Å². The Morgan fingerprint density at radius 2 is 1.70 bits per heavy atom. The van der Waals surface area contributed by atoms with Crippen LogP contribution in [0.4, 0.5) is 4.39 Å². The SMILES string of the molecule is Fc1ccc(-c2cncc3[nH]c(-c4n[nH]c5cnc(-c6cncc(CN7CCCC7)c6)cc45)nc23)cc1. The van der Waals surface area contributed by atoms with Crippen molar-refractivity contribution in [2.45, 2.75) is 19.4 Å². The highest BCUT2D eigenvalue weighted by Crippen LogP contribution is 2.32. The molecule has 37 heavy (non-hydrogen) atoms. The predicted octanol–water partition coefficient (Wildman–Crippen LogP) is 5.36. The Labute approximate surface area is 211 Å². The van der Waals surface area contributed by atoms with E-state index in [-0.39, 0.29) is 5.82 Å². The maximum atomic E-state index is 13.5. The van der Waals surface area contributed by atoms with Crippen LogP contribution in [-0.2, 0) is 6.54 Å². The molecule has 7 rings (SSSR count). The van der Waals surface area contributed by atoms with Crippen LogP contribution in [0.15, 0.2) is 67.4 Å². The van der Waals surface area contributed by atoms with Crippen molar-refractivity contribution in [1.29, 1.82) is 0 Å². The number of benzene rings is 1. The zero-order valence-corrected chi connectivity index (χ0v) is 19.9. The van der Waals surface area contributed by atoms with E-state index in [0.717, 1.165) is 64.0 Å². The van der Waals surface area contributed by atoms with E-state index in [1.54, 1.807) is 30.7 Å². The minimum absolute atomic E-state index is 0.282. The number of nitrogens with one attached hydrogen (secondary N) is 2. The number of nitrogens with zero attached hydrogens (tertiary/aromatic N) is 6. The van der Waals surface area contributed by atoms with Gasteiger partial charge in [-0.25, -0.2) is 9.37 Å². The lowest BCUT2D eigenvalue weighted by atomic mass is 10.1. The van der Waals surface area contributed by atoms with E-state index in [1.165, 1.54) is 30.5 Å². The summed E-state index contributed by atoms with van der Waals surface area (Å²) in [7, 11) is 0. The van der Waals surface area contributed by atoms with Gasteiger partial charge < -0.3 is 4.98 Å². The van der Waals surface area contributed by atoms with Crippen LogP contribution in [0.1, 0.15) is 18.4 Å². The summed E-state index contributed by atoms with van der Waals surface area (Å²) in [6, 6.07) is 10.5. The summed E-state index contributed by atoms with van der Waals surface area (Å²) < 4.78 is 13.5. The number of imidazole rings is 1. The molecule has 8 nitrogen and oxygen atoms in total. The van der Waals surface area contributed by atoms with Crippen molar-refractivity contribution in [2.24, 2.45) is 0 Å². The van der Waals surface area contributed by atoms with Crippen LogP contribution in [0, 0.1) is 5.82 Å². The van der Waals surface area contributed by atoms with E-state index in [2.05, 4.69) is 41.1 Å². The molecule has 6 aromatic rings. The largest absolute Gasteiger partial charge is 0.335 e. The van der Waals surface area contributed by atoms with Gasteiger partial charge in [-0.2, -0.15) is 5.10 Å². The Bertz CT molecular complexity index is 1730. The molecular formula is C28H23FN8. The van der Waals surface area contributed by atoms with Gasteiger partial charge in [0, 0.05) is 41.6 Å². The highest BCUT2D eigenvalue weighted by atomic mass is 19.1. The number of rotatable bonds is 5. The van der Waals surface area contributed by atoms with E-state index in [4.69, 9.17) is 4.98 Å². The number of hydrogen-bond donors (Lipinski definition) is 2. The van der Waals surface area contributed by atoms with Gasteiger partial charge in [-0.15, -0.1) is 0 Å². The third-order valence-electron chi connectivity index (χ3n) is 6.92. The van der Waals surface area contributed by atoms with Crippen molar-refractivity contribution in [1.82, 2.24) is 40.0 Å². The molecule has 0 bridgehead atoms. The van der Waals surface area contributed by atoms with Crippen LogP contribution in [0.2, 0.25) is 0 Å². The van der Waals surface area contributed by atoms with E-state index in [1.807, 2.05) is 18.5 Å². The standard InChI is InChI=1S/C28H23FN8/c29-20-5-3-18(4-6-20)22-13-31-14-25-26(22)34-28(33-25)27-21-10-23(32-15-24(21)35-36-27)19-9-17(11-30-12-19)16-37-7-1-2-8-37/h3-6,9-15H,1-2,7-8,16H2,(H,33,34)(H,35,36). The van der Waals surface area contributed by atoms with E-state index in [0.29, 0.717) is 11.5 Å². The van der Waals surface area contributed by atoms with Gasteiger partial charge in [0.2, 0.25) is 0 Å². The van der Waals surface area contributed by atoms with Gasteiger partial charge >= 0.3 is 0 Å². The van der Waals surface area contributed by atoms with Crippen LogP contribution in [0.3, 0.4) is 0 Å². The van der Waals surface area contributed by atoms with Crippen LogP contribution < -0.4 is 0 Å². The van der Waals surface area contributed by atoms with Crippen LogP contribution in [0.25, 0.3) is 55.8 Å². The zero-order valence-electron chi connectivity index (χ0n) is 19.9. The van der Waals surface area contributed by atoms with Crippen LogP contribution >= 0.6 is 0 Å². The summed E-state index contributed by atoms with van der Waals surface area (Å²) in [6.07, 6.45) is 11.6. The lowest BCUT2D eigenvalue weighted by Gasteiger charge is -2.14. The Kier molecular flexibility index (Phi) is 5.21. The summed E-state index contributed by atoms with van der Waals surface area (Å²) in [5.41, 5.74) is 7.70. The second kappa shape index (κ2) is 8.86. The Balaban J connectivity index is 1.27. The number of hydrogen-bond acceptors (Lipinski definition) is 6. The van der Waals surface area contributed by atoms with Crippen molar-refractivity contribution in [3.8, 4) is 33.9 Å². The predicted molar refractivity (Wildman–Crippen MR) is 140 cm³/mol. The first-order valence-corrected chi connectivity index (χ1v) is 12.3. The molecule has 2 N–H and O–H groups in total. The third-order valence-corrected chi connectivity index (χ3v) is 6.92. The van der Waals surface area contributed by atoms with E-state index >= 15 is 0 Å². The molecule has 182 valence electrons. The molecular weight excluding hydrogens is 467 g/mol. The maximum absolute atomic E-state index is 13.5. The number of aromatic nitrogens is 7. The average Bonchev–Trinajstić information content (AvgIpc) is 3.68. The second-order valence-electron chi connectivity index (χ2n) is 9.43. The molecule has 5 aromatic heterocycles. The molecule has 0 atom stereocenters. The second-order valence-corrected chi connectivity index (χ2v) is 9.43. The highest BCUT2D eigenvalue weighted by Gasteiger charge is 2.17. The number of pyridine rings is 3. The summed E-state index contributed by atoms with van der Waals surface area (Å²) in [5.74, 6) is 0.339. The molecule has 1 aliphatic rings. The fraction of sp³-hybridized carbons (Fsp3) is 0.179. The Morgan fingerprint density at radius 1 is 0.865 bits per heavy atom. The Morgan fingerprint density at radius 3 is 2.57 bits per heavy atom. The highest BCUT2D eigenvalue weighted by molar-refractivity contribution is 5.97. The van der Waals surface area contributed by atoms with Gasteiger partial charge in [0.05, 0.1) is 34.6 Å². The fourth-order valence-electron chi connectivity index (χ4n) is 5.05. The first-order chi connectivity index (χ1) is 18.2. The summed E-state index contributed by atoms with van der Waals surface area (Å²) in [4.78, 5) is 24.2. The van der Waals surface area contributed by atoms with Crippen LogP contribution in [-0.4, -0.2) is 53.1 Å². The molecule has 0 saturated carbocycles. The van der Waals surface area contributed by atoms with Gasteiger partial charge in [-0.05, 0) is 61.3 Å².